The van der Waals surface area contributed by atoms with Gasteiger partial charge in [0.05, 0.1) is 12.8 Å². The topological polar surface area (TPSA) is 69.8 Å². The van der Waals surface area contributed by atoms with Crippen LogP contribution in [0.4, 0.5) is 0 Å². The second-order valence-electron chi connectivity index (χ2n) is 6.72. The molecule has 1 heterocycles. The third kappa shape index (κ3) is 6.27. The average Bonchev–Trinajstić information content (AvgIpc) is 3.09. The number of aliphatic imine (C=N–C) groups is 1. The molecule has 0 spiro atoms. The molecule has 1 aromatic heterocycles. The zero-order valence-corrected chi connectivity index (χ0v) is 17.4. The molecule has 1 unspecified atom stereocenters. The fourth-order valence-corrected chi connectivity index (χ4v) is 3.12. The highest BCUT2D eigenvalue weighted by molar-refractivity contribution is 14.0. The molecule has 0 bridgehead atoms. The van der Waals surface area contributed by atoms with Crippen LogP contribution in [0.2, 0.25) is 0 Å². The molecule has 2 rings (SSSR count). The summed E-state index contributed by atoms with van der Waals surface area (Å²) in [6, 6.07) is 4.04. The average molecular weight is 449 g/mol. The van der Waals surface area contributed by atoms with E-state index in [9.17, 15) is 5.11 Å². The summed E-state index contributed by atoms with van der Waals surface area (Å²) in [6.07, 6.45) is 7.82. The number of furan rings is 1. The molecule has 0 saturated heterocycles. The Balaban J connectivity index is 0.00000288. The number of nitrogens with zero attached hydrogens (tertiary/aromatic N) is 1. The van der Waals surface area contributed by atoms with Crippen molar-refractivity contribution in [2.75, 3.05) is 13.1 Å². The van der Waals surface area contributed by atoms with Crippen molar-refractivity contribution < 1.29 is 9.52 Å². The predicted octanol–water partition coefficient (Wildman–Crippen LogP) is 3.63. The molecule has 0 aromatic carbocycles. The Labute approximate surface area is 162 Å². The predicted molar refractivity (Wildman–Crippen MR) is 109 cm³/mol. The molecule has 1 fully saturated rings. The van der Waals surface area contributed by atoms with Crippen LogP contribution in [0.1, 0.15) is 58.6 Å². The summed E-state index contributed by atoms with van der Waals surface area (Å²) in [6.45, 7) is 7.13. The standard InChI is InChI=1S/C18H31N3O2.HI/c1-4-14-8-10-15(11-9-14)21-17(19-5-2)20-13-18(3,22)16-7-6-12-23-16;/h6-7,12,14-15,22H,4-5,8-11,13H2,1-3H3,(H2,19,20,21);1H. The maximum absolute atomic E-state index is 10.5. The van der Waals surface area contributed by atoms with Crippen LogP contribution < -0.4 is 10.6 Å². The number of guanidine groups is 1. The van der Waals surface area contributed by atoms with E-state index in [1.807, 2.05) is 0 Å². The summed E-state index contributed by atoms with van der Waals surface area (Å²) >= 11 is 0. The SMILES string of the molecule is CCNC(=NCC(C)(O)c1ccco1)NC1CCC(CC)CC1.I. The third-order valence-electron chi connectivity index (χ3n) is 4.71. The highest BCUT2D eigenvalue weighted by Crippen LogP contribution is 2.26. The van der Waals surface area contributed by atoms with Crippen molar-refractivity contribution in [2.45, 2.75) is 64.5 Å². The molecular weight excluding hydrogens is 417 g/mol. The van der Waals surface area contributed by atoms with Gasteiger partial charge in [-0.1, -0.05) is 13.3 Å². The highest BCUT2D eigenvalue weighted by atomic mass is 127. The Morgan fingerprint density at radius 3 is 2.58 bits per heavy atom. The molecule has 138 valence electrons. The van der Waals surface area contributed by atoms with E-state index in [0.717, 1.165) is 18.4 Å². The summed E-state index contributed by atoms with van der Waals surface area (Å²) in [5, 5.41) is 17.3. The lowest BCUT2D eigenvalue weighted by Crippen LogP contribution is -2.45. The second-order valence-corrected chi connectivity index (χ2v) is 6.72. The van der Waals surface area contributed by atoms with E-state index in [-0.39, 0.29) is 30.5 Å². The van der Waals surface area contributed by atoms with Crippen LogP contribution in [0.5, 0.6) is 0 Å². The van der Waals surface area contributed by atoms with Gasteiger partial charge in [-0.25, -0.2) is 4.99 Å². The number of halogens is 1. The van der Waals surface area contributed by atoms with Gasteiger partial charge in [-0.3, -0.25) is 0 Å². The first-order valence-corrected chi connectivity index (χ1v) is 8.86. The summed E-state index contributed by atoms with van der Waals surface area (Å²) in [5.74, 6) is 2.20. The number of hydrogen-bond donors (Lipinski definition) is 3. The van der Waals surface area contributed by atoms with Crippen LogP contribution in [0.3, 0.4) is 0 Å². The molecule has 6 heteroatoms. The second kappa shape index (κ2) is 10.3. The van der Waals surface area contributed by atoms with Crippen molar-refractivity contribution in [2.24, 2.45) is 10.9 Å². The van der Waals surface area contributed by atoms with Gasteiger partial charge in [-0.15, -0.1) is 24.0 Å². The van der Waals surface area contributed by atoms with Gasteiger partial charge < -0.3 is 20.2 Å². The normalized spacial score (nSPS) is 23.9. The van der Waals surface area contributed by atoms with Gasteiger partial charge in [0.2, 0.25) is 0 Å². The fourth-order valence-electron chi connectivity index (χ4n) is 3.12. The van der Waals surface area contributed by atoms with Crippen LogP contribution in [0.15, 0.2) is 27.8 Å². The summed E-state index contributed by atoms with van der Waals surface area (Å²) in [4.78, 5) is 4.56. The van der Waals surface area contributed by atoms with Gasteiger partial charge in [0.1, 0.15) is 11.4 Å². The van der Waals surface area contributed by atoms with E-state index in [1.54, 1.807) is 25.3 Å². The molecule has 0 radical (unpaired) electrons. The lowest BCUT2D eigenvalue weighted by atomic mass is 9.84. The van der Waals surface area contributed by atoms with Crippen molar-refractivity contribution in [3.8, 4) is 0 Å². The van der Waals surface area contributed by atoms with E-state index in [4.69, 9.17) is 4.42 Å². The molecule has 5 nitrogen and oxygen atoms in total. The largest absolute Gasteiger partial charge is 0.466 e. The van der Waals surface area contributed by atoms with E-state index in [1.165, 1.54) is 32.1 Å². The van der Waals surface area contributed by atoms with Gasteiger partial charge in [-0.05, 0) is 57.6 Å². The van der Waals surface area contributed by atoms with Crippen molar-refractivity contribution >= 4 is 29.9 Å². The Morgan fingerprint density at radius 2 is 2.04 bits per heavy atom. The first-order chi connectivity index (χ1) is 11.0. The zero-order chi connectivity index (χ0) is 16.7. The zero-order valence-electron chi connectivity index (χ0n) is 15.0. The van der Waals surface area contributed by atoms with E-state index in [0.29, 0.717) is 11.8 Å². The molecule has 24 heavy (non-hydrogen) atoms. The van der Waals surface area contributed by atoms with Crippen molar-refractivity contribution in [3.63, 3.8) is 0 Å². The minimum Gasteiger partial charge on any atom is -0.466 e. The molecule has 1 saturated carbocycles. The monoisotopic (exact) mass is 449 g/mol. The number of nitrogens with one attached hydrogen (secondary N) is 2. The first-order valence-electron chi connectivity index (χ1n) is 8.86. The molecule has 0 aliphatic heterocycles. The first kappa shape index (κ1) is 21.3. The van der Waals surface area contributed by atoms with Crippen LogP contribution in [-0.2, 0) is 5.60 Å². The van der Waals surface area contributed by atoms with Gasteiger partial charge in [-0.2, -0.15) is 0 Å². The maximum atomic E-state index is 10.5. The molecule has 1 aliphatic carbocycles. The van der Waals surface area contributed by atoms with Gasteiger partial charge >= 0.3 is 0 Å². The summed E-state index contributed by atoms with van der Waals surface area (Å²) < 4.78 is 5.30. The number of hydrogen-bond acceptors (Lipinski definition) is 3. The molecule has 1 aromatic rings. The number of rotatable bonds is 6. The lowest BCUT2D eigenvalue weighted by Gasteiger charge is -2.30. The molecule has 1 atom stereocenters. The molecule has 0 amide bonds. The third-order valence-corrected chi connectivity index (χ3v) is 4.71. The smallest absolute Gasteiger partial charge is 0.191 e. The summed E-state index contributed by atoms with van der Waals surface area (Å²) in [5.41, 5.74) is -1.09. The minimum absolute atomic E-state index is 0. The minimum atomic E-state index is -1.09. The van der Waals surface area contributed by atoms with Crippen molar-refractivity contribution in [1.29, 1.82) is 0 Å². The van der Waals surface area contributed by atoms with Gasteiger partial charge in [0.15, 0.2) is 5.96 Å². The molecule has 3 N–H and O–H groups in total. The van der Waals surface area contributed by atoms with Gasteiger partial charge in [0, 0.05) is 12.6 Å². The van der Waals surface area contributed by atoms with Crippen LogP contribution in [0.25, 0.3) is 0 Å². The van der Waals surface area contributed by atoms with Crippen LogP contribution in [0, 0.1) is 5.92 Å². The van der Waals surface area contributed by atoms with Crippen molar-refractivity contribution in [3.05, 3.63) is 24.2 Å². The van der Waals surface area contributed by atoms with E-state index >= 15 is 0 Å². The quantitative estimate of drug-likeness (QED) is 0.353. The van der Waals surface area contributed by atoms with E-state index in [2.05, 4.69) is 29.5 Å². The van der Waals surface area contributed by atoms with E-state index < -0.39 is 5.60 Å². The maximum Gasteiger partial charge on any atom is 0.191 e. The highest BCUT2D eigenvalue weighted by Gasteiger charge is 2.26. The Hall–Kier alpha value is -0.760. The Kier molecular flexibility index (Phi) is 9.12. The molecular formula is C18H32IN3O2. The molecule has 1 aliphatic rings. The van der Waals surface area contributed by atoms with Gasteiger partial charge in [0.25, 0.3) is 0 Å². The Bertz CT molecular complexity index is 480. The van der Waals surface area contributed by atoms with Crippen LogP contribution >= 0.6 is 24.0 Å². The van der Waals surface area contributed by atoms with Crippen LogP contribution in [-0.4, -0.2) is 30.2 Å². The lowest BCUT2D eigenvalue weighted by molar-refractivity contribution is 0.0436. The summed E-state index contributed by atoms with van der Waals surface area (Å²) in [7, 11) is 0. The fraction of sp³-hybridized carbons (Fsp3) is 0.722. The Morgan fingerprint density at radius 1 is 1.33 bits per heavy atom. The number of aliphatic hydroxyl groups is 1. The van der Waals surface area contributed by atoms with Crippen molar-refractivity contribution in [1.82, 2.24) is 10.6 Å².